The molecule has 2 rings (SSSR count). The second-order valence-electron chi connectivity index (χ2n) is 4.99. The third kappa shape index (κ3) is 4.16. The van der Waals surface area contributed by atoms with Gasteiger partial charge in [-0.05, 0) is 32.9 Å². The van der Waals surface area contributed by atoms with E-state index >= 15 is 0 Å². The number of pyridine rings is 1. The molecular formula is C14H19N5OS. The zero-order valence-electron chi connectivity index (χ0n) is 12.3. The molecule has 7 heteroatoms. The number of nitrogens with two attached hydrogens (primary N) is 1. The summed E-state index contributed by atoms with van der Waals surface area (Å²) >= 11 is 1.25. The number of rotatable bonds is 5. The minimum atomic E-state index is -0.231. The summed E-state index contributed by atoms with van der Waals surface area (Å²) in [5.74, 6) is 0.0166. The molecule has 2 aromatic heterocycles. The monoisotopic (exact) mass is 305 g/mol. The lowest BCUT2D eigenvalue weighted by molar-refractivity contribution is 0.0955. The van der Waals surface area contributed by atoms with Crippen molar-refractivity contribution in [3.05, 3.63) is 34.5 Å². The average Bonchev–Trinajstić information content (AvgIpc) is 2.76. The van der Waals surface area contributed by atoms with E-state index in [1.54, 1.807) is 0 Å². The first-order valence-electron chi connectivity index (χ1n) is 6.69. The van der Waals surface area contributed by atoms with Gasteiger partial charge in [0, 0.05) is 11.7 Å². The number of aromatic nitrogens is 2. The van der Waals surface area contributed by atoms with Crippen molar-refractivity contribution in [3.63, 3.8) is 0 Å². The number of nitrogens with zero attached hydrogens (tertiary/aromatic N) is 2. The van der Waals surface area contributed by atoms with Gasteiger partial charge in [-0.25, -0.2) is 4.98 Å². The molecule has 112 valence electrons. The van der Waals surface area contributed by atoms with Crippen LogP contribution in [0.1, 0.15) is 34.9 Å². The molecule has 4 N–H and O–H groups in total. The normalized spacial score (nSPS) is 10.7. The standard InChI is InChI=1S/C14H19N5OS/c1-8(2)17-14-19-12(15)11(21-14)13(20)16-7-10-6-4-5-9(3)18-10/h4-6,8H,7,15H2,1-3H3,(H,16,20)(H,17,19). The van der Waals surface area contributed by atoms with Crippen LogP contribution in [0.5, 0.6) is 0 Å². The Morgan fingerprint density at radius 3 is 2.81 bits per heavy atom. The molecule has 0 bridgehead atoms. The lowest BCUT2D eigenvalue weighted by Gasteiger charge is -2.04. The van der Waals surface area contributed by atoms with Crippen molar-refractivity contribution in [2.45, 2.75) is 33.4 Å². The summed E-state index contributed by atoms with van der Waals surface area (Å²) in [6, 6.07) is 5.93. The first kappa shape index (κ1) is 15.2. The van der Waals surface area contributed by atoms with Crippen LogP contribution in [0.15, 0.2) is 18.2 Å². The van der Waals surface area contributed by atoms with E-state index in [4.69, 9.17) is 5.73 Å². The van der Waals surface area contributed by atoms with Crippen molar-refractivity contribution in [1.82, 2.24) is 15.3 Å². The summed E-state index contributed by atoms with van der Waals surface area (Å²) in [6.45, 7) is 6.28. The highest BCUT2D eigenvalue weighted by Crippen LogP contribution is 2.25. The Bertz CT molecular complexity index is 638. The fraction of sp³-hybridized carbons (Fsp3) is 0.357. The van der Waals surface area contributed by atoms with Gasteiger partial charge in [0.05, 0.1) is 12.2 Å². The van der Waals surface area contributed by atoms with E-state index in [9.17, 15) is 4.79 Å². The zero-order chi connectivity index (χ0) is 15.4. The molecule has 0 atom stereocenters. The summed E-state index contributed by atoms with van der Waals surface area (Å²) < 4.78 is 0. The fourth-order valence-corrected chi connectivity index (χ4v) is 2.70. The predicted molar refractivity (Wildman–Crippen MR) is 85.4 cm³/mol. The van der Waals surface area contributed by atoms with Crippen LogP contribution in [-0.4, -0.2) is 21.9 Å². The van der Waals surface area contributed by atoms with Gasteiger partial charge in [0.25, 0.3) is 5.91 Å². The molecule has 6 nitrogen and oxygen atoms in total. The van der Waals surface area contributed by atoms with E-state index in [2.05, 4.69) is 20.6 Å². The first-order chi connectivity index (χ1) is 9.95. The highest BCUT2D eigenvalue weighted by Gasteiger charge is 2.16. The lowest BCUT2D eigenvalue weighted by Crippen LogP contribution is -2.23. The first-order valence-corrected chi connectivity index (χ1v) is 7.51. The fourth-order valence-electron chi connectivity index (χ4n) is 1.75. The van der Waals surface area contributed by atoms with Crippen LogP contribution in [0.4, 0.5) is 10.9 Å². The third-order valence-electron chi connectivity index (χ3n) is 2.65. The lowest BCUT2D eigenvalue weighted by atomic mass is 10.3. The molecule has 2 aromatic rings. The quantitative estimate of drug-likeness (QED) is 0.787. The van der Waals surface area contributed by atoms with Crippen LogP contribution in [0, 0.1) is 6.92 Å². The molecule has 21 heavy (non-hydrogen) atoms. The van der Waals surface area contributed by atoms with Gasteiger partial charge in [0.2, 0.25) is 0 Å². The van der Waals surface area contributed by atoms with Gasteiger partial charge < -0.3 is 16.4 Å². The number of thiazole rings is 1. The number of amides is 1. The minimum absolute atomic E-state index is 0.231. The van der Waals surface area contributed by atoms with Crippen molar-refractivity contribution in [2.75, 3.05) is 11.1 Å². The second-order valence-corrected chi connectivity index (χ2v) is 5.98. The molecule has 0 fully saturated rings. The Morgan fingerprint density at radius 1 is 1.38 bits per heavy atom. The predicted octanol–water partition coefficient (Wildman–Crippen LogP) is 2.18. The largest absolute Gasteiger partial charge is 0.382 e. The Hall–Kier alpha value is -2.15. The van der Waals surface area contributed by atoms with Gasteiger partial charge in [0.1, 0.15) is 10.7 Å². The number of carbonyl (C=O) groups is 1. The van der Waals surface area contributed by atoms with E-state index in [1.165, 1.54) is 11.3 Å². The molecule has 0 aromatic carbocycles. The van der Waals surface area contributed by atoms with Gasteiger partial charge in [-0.1, -0.05) is 17.4 Å². The van der Waals surface area contributed by atoms with Gasteiger partial charge in [-0.2, -0.15) is 0 Å². The maximum atomic E-state index is 12.1. The van der Waals surface area contributed by atoms with Gasteiger partial charge in [-0.15, -0.1) is 0 Å². The van der Waals surface area contributed by atoms with E-state index < -0.39 is 0 Å². The number of anilines is 2. The van der Waals surface area contributed by atoms with Crippen LogP contribution in [-0.2, 0) is 6.54 Å². The maximum Gasteiger partial charge on any atom is 0.265 e. The van der Waals surface area contributed by atoms with Crippen LogP contribution < -0.4 is 16.4 Å². The van der Waals surface area contributed by atoms with Crippen LogP contribution in [0.25, 0.3) is 0 Å². The average molecular weight is 305 g/mol. The SMILES string of the molecule is Cc1cccc(CNC(=O)c2sc(NC(C)C)nc2N)n1. The topological polar surface area (TPSA) is 92.9 Å². The molecule has 0 saturated carbocycles. The number of nitrogen functional groups attached to an aromatic ring is 1. The zero-order valence-corrected chi connectivity index (χ0v) is 13.1. The molecule has 0 saturated heterocycles. The van der Waals surface area contributed by atoms with Gasteiger partial charge in [0.15, 0.2) is 5.13 Å². The maximum absolute atomic E-state index is 12.1. The van der Waals surface area contributed by atoms with E-state index in [-0.39, 0.29) is 17.8 Å². The summed E-state index contributed by atoms with van der Waals surface area (Å²) in [4.78, 5) is 21.1. The molecular weight excluding hydrogens is 286 g/mol. The summed E-state index contributed by atoms with van der Waals surface area (Å²) in [5, 5.41) is 6.60. The third-order valence-corrected chi connectivity index (χ3v) is 3.65. The van der Waals surface area contributed by atoms with Crippen molar-refractivity contribution in [1.29, 1.82) is 0 Å². The summed E-state index contributed by atoms with van der Waals surface area (Å²) in [5.41, 5.74) is 7.52. The molecule has 1 amide bonds. The number of aryl methyl sites for hydroxylation is 1. The number of carbonyl (C=O) groups excluding carboxylic acids is 1. The summed E-state index contributed by atoms with van der Waals surface area (Å²) in [7, 11) is 0. The molecule has 0 spiro atoms. The molecule has 0 radical (unpaired) electrons. The summed E-state index contributed by atoms with van der Waals surface area (Å²) in [6.07, 6.45) is 0. The number of hydrogen-bond acceptors (Lipinski definition) is 6. The molecule has 0 unspecified atom stereocenters. The van der Waals surface area contributed by atoms with E-state index in [1.807, 2.05) is 39.0 Å². The number of nitrogens with one attached hydrogen (secondary N) is 2. The number of hydrogen-bond donors (Lipinski definition) is 3. The highest BCUT2D eigenvalue weighted by atomic mass is 32.1. The smallest absolute Gasteiger partial charge is 0.265 e. The second kappa shape index (κ2) is 6.53. The van der Waals surface area contributed by atoms with Crippen LogP contribution >= 0.6 is 11.3 Å². The van der Waals surface area contributed by atoms with Crippen molar-refractivity contribution in [2.24, 2.45) is 0 Å². The molecule has 0 aliphatic carbocycles. The molecule has 2 heterocycles. The molecule has 0 aliphatic heterocycles. The van der Waals surface area contributed by atoms with Crippen molar-refractivity contribution < 1.29 is 4.79 Å². The van der Waals surface area contributed by atoms with Crippen molar-refractivity contribution in [3.8, 4) is 0 Å². The minimum Gasteiger partial charge on any atom is -0.382 e. The Labute approximate surface area is 127 Å². The Kier molecular flexibility index (Phi) is 4.74. The van der Waals surface area contributed by atoms with E-state index in [0.29, 0.717) is 16.6 Å². The van der Waals surface area contributed by atoms with Crippen LogP contribution in [0.3, 0.4) is 0 Å². The highest BCUT2D eigenvalue weighted by molar-refractivity contribution is 7.18. The van der Waals surface area contributed by atoms with Crippen molar-refractivity contribution >= 4 is 28.2 Å². The van der Waals surface area contributed by atoms with E-state index in [0.717, 1.165) is 11.4 Å². The Balaban J connectivity index is 2.01. The van der Waals surface area contributed by atoms with Gasteiger partial charge >= 0.3 is 0 Å². The van der Waals surface area contributed by atoms with Gasteiger partial charge in [-0.3, -0.25) is 9.78 Å². The van der Waals surface area contributed by atoms with Crippen LogP contribution in [0.2, 0.25) is 0 Å². The Morgan fingerprint density at radius 2 is 2.14 bits per heavy atom. The molecule has 0 aliphatic rings.